The van der Waals surface area contributed by atoms with E-state index in [4.69, 9.17) is 0 Å². The minimum atomic E-state index is -0.658. The molecular weight excluding hydrogens is 218 g/mol. The van der Waals surface area contributed by atoms with Crippen LogP contribution >= 0.6 is 0 Å². The lowest BCUT2D eigenvalue weighted by molar-refractivity contribution is -0.142. The molecule has 2 amide bonds. The van der Waals surface area contributed by atoms with E-state index in [1.807, 2.05) is 20.8 Å². The highest BCUT2D eigenvalue weighted by Crippen LogP contribution is 2.40. The van der Waals surface area contributed by atoms with Crippen LogP contribution in [0.4, 0.5) is 0 Å². The van der Waals surface area contributed by atoms with Gasteiger partial charge < -0.3 is 4.79 Å². The zero-order chi connectivity index (χ0) is 13.1. The Morgan fingerprint density at radius 3 is 2.29 bits per heavy atom. The summed E-state index contributed by atoms with van der Waals surface area (Å²) < 4.78 is 0. The number of hydrogen-bond acceptors (Lipinski definition) is 3. The summed E-state index contributed by atoms with van der Waals surface area (Å²) in [7, 11) is 0. The monoisotopic (exact) mass is 239 g/mol. The maximum absolute atomic E-state index is 12.2. The quantitative estimate of drug-likeness (QED) is 0.524. The summed E-state index contributed by atoms with van der Waals surface area (Å²) in [5, 5.41) is 0. The fraction of sp³-hybridized carbons (Fsp3) is 0.769. The largest absolute Gasteiger partial charge is 0.303 e. The van der Waals surface area contributed by atoms with Crippen LogP contribution in [0.25, 0.3) is 0 Å². The fourth-order valence-electron chi connectivity index (χ4n) is 2.58. The van der Waals surface area contributed by atoms with E-state index in [2.05, 4.69) is 0 Å². The van der Waals surface area contributed by atoms with Crippen LogP contribution in [0.15, 0.2) is 0 Å². The molecule has 0 N–H and O–H groups in total. The molecule has 0 aromatic carbocycles. The van der Waals surface area contributed by atoms with Gasteiger partial charge in [-0.25, -0.2) is 0 Å². The highest BCUT2D eigenvalue weighted by atomic mass is 16.2. The first kappa shape index (κ1) is 13.9. The number of aldehydes is 1. The molecule has 0 aromatic rings. The molecule has 0 spiro atoms. The standard InChI is InChI=1S/C13H21NO3/c1-4-7-14-11(16)8-10(12(14)17)13(5-2,6-3)9-15/h9-10H,4-8H2,1-3H3/t10-/m0/s1. The van der Waals surface area contributed by atoms with Gasteiger partial charge in [-0.05, 0) is 19.3 Å². The molecule has 96 valence electrons. The second-order valence-electron chi connectivity index (χ2n) is 4.70. The average molecular weight is 239 g/mol. The van der Waals surface area contributed by atoms with Crippen molar-refractivity contribution < 1.29 is 14.4 Å². The van der Waals surface area contributed by atoms with Crippen LogP contribution in [0.1, 0.15) is 46.5 Å². The summed E-state index contributed by atoms with van der Waals surface area (Å²) >= 11 is 0. The molecule has 1 atom stereocenters. The van der Waals surface area contributed by atoms with E-state index in [0.29, 0.717) is 19.4 Å². The maximum Gasteiger partial charge on any atom is 0.233 e. The van der Waals surface area contributed by atoms with Crippen molar-refractivity contribution in [3.8, 4) is 0 Å². The van der Waals surface area contributed by atoms with Gasteiger partial charge >= 0.3 is 0 Å². The van der Waals surface area contributed by atoms with Crippen LogP contribution in [0.2, 0.25) is 0 Å². The van der Waals surface area contributed by atoms with E-state index in [1.165, 1.54) is 4.90 Å². The van der Waals surface area contributed by atoms with Gasteiger partial charge in [-0.3, -0.25) is 14.5 Å². The lowest BCUT2D eigenvalue weighted by Crippen LogP contribution is -2.38. The zero-order valence-corrected chi connectivity index (χ0v) is 10.9. The fourth-order valence-corrected chi connectivity index (χ4v) is 2.58. The van der Waals surface area contributed by atoms with Crippen molar-refractivity contribution in [3.05, 3.63) is 0 Å². The number of hydrogen-bond donors (Lipinski definition) is 0. The minimum absolute atomic E-state index is 0.130. The number of amides is 2. The van der Waals surface area contributed by atoms with Crippen LogP contribution in [-0.2, 0) is 14.4 Å². The SMILES string of the molecule is CCCN1C(=O)C[C@H](C(C=O)(CC)CC)C1=O. The Morgan fingerprint density at radius 1 is 1.29 bits per heavy atom. The first-order valence-corrected chi connectivity index (χ1v) is 6.36. The molecule has 0 radical (unpaired) electrons. The molecule has 4 heteroatoms. The molecule has 1 fully saturated rings. The molecule has 1 rings (SSSR count). The van der Waals surface area contributed by atoms with Gasteiger partial charge in [0, 0.05) is 18.4 Å². The molecule has 0 bridgehead atoms. The molecular formula is C13H21NO3. The van der Waals surface area contributed by atoms with Gasteiger partial charge in [-0.1, -0.05) is 20.8 Å². The Morgan fingerprint density at radius 2 is 1.88 bits per heavy atom. The second kappa shape index (κ2) is 5.43. The predicted octanol–water partition coefficient (Wildman–Crippen LogP) is 1.78. The molecule has 0 saturated carbocycles. The molecule has 0 aliphatic carbocycles. The summed E-state index contributed by atoms with van der Waals surface area (Å²) in [4.78, 5) is 36.6. The highest BCUT2D eigenvalue weighted by molar-refractivity contribution is 6.05. The summed E-state index contributed by atoms with van der Waals surface area (Å²) in [5.41, 5.74) is -0.658. The Balaban J connectivity index is 2.97. The zero-order valence-electron chi connectivity index (χ0n) is 10.9. The molecule has 1 heterocycles. The van der Waals surface area contributed by atoms with E-state index in [9.17, 15) is 14.4 Å². The van der Waals surface area contributed by atoms with Gasteiger partial charge in [0.25, 0.3) is 0 Å². The smallest absolute Gasteiger partial charge is 0.233 e. The Bertz CT molecular complexity index is 321. The molecule has 1 aliphatic heterocycles. The van der Waals surface area contributed by atoms with Crippen molar-refractivity contribution in [1.82, 2.24) is 4.90 Å². The predicted molar refractivity (Wildman–Crippen MR) is 64.2 cm³/mol. The Kier molecular flexibility index (Phi) is 4.43. The van der Waals surface area contributed by atoms with Gasteiger partial charge in [-0.15, -0.1) is 0 Å². The maximum atomic E-state index is 12.2. The summed E-state index contributed by atoms with van der Waals surface area (Å²) in [6, 6.07) is 0. The van der Waals surface area contributed by atoms with E-state index < -0.39 is 11.3 Å². The Labute approximate surface area is 102 Å². The lowest BCUT2D eigenvalue weighted by Gasteiger charge is -2.30. The molecule has 1 aliphatic rings. The van der Waals surface area contributed by atoms with Crippen molar-refractivity contribution in [2.45, 2.75) is 46.5 Å². The van der Waals surface area contributed by atoms with Gasteiger partial charge in [0.05, 0.1) is 5.92 Å². The third-order valence-electron chi connectivity index (χ3n) is 3.94. The van der Waals surface area contributed by atoms with Crippen LogP contribution in [0.5, 0.6) is 0 Å². The lowest BCUT2D eigenvalue weighted by atomic mass is 9.71. The van der Waals surface area contributed by atoms with Crippen LogP contribution in [0.3, 0.4) is 0 Å². The van der Waals surface area contributed by atoms with Crippen LogP contribution in [0, 0.1) is 11.3 Å². The van der Waals surface area contributed by atoms with Crippen molar-refractivity contribution in [2.75, 3.05) is 6.54 Å². The van der Waals surface area contributed by atoms with Crippen LogP contribution in [-0.4, -0.2) is 29.5 Å². The molecule has 1 saturated heterocycles. The van der Waals surface area contributed by atoms with Gasteiger partial charge in [-0.2, -0.15) is 0 Å². The number of carbonyl (C=O) groups is 3. The van der Waals surface area contributed by atoms with E-state index in [-0.39, 0.29) is 18.2 Å². The van der Waals surface area contributed by atoms with Gasteiger partial charge in [0.15, 0.2) is 0 Å². The van der Waals surface area contributed by atoms with Crippen molar-refractivity contribution in [1.29, 1.82) is 0 Å². The van der Waals surface area contributed by atoms with E-state index in [0.717, 1.165) is 12.7 Å². The second-order valence-corrected chi connectivity index (χ2v) is 4.70. The minimum Gasteiger partial charge on any atom is -0.303 e. The number of likely N-dealkylation sites (tertiary alicyclic amines) is 1. The van der Waals surface area contributed by atoms with Gasteiger partial charge in [0.1, 0.15) is 6.29 Å². The number of carbonyl (C=O) groups excluding carboxylic acids is 3. The average Bonchev–Trinajstić information content (AvgIpc) is 2.62. The third-order valence-corrected chi connectivity index (χ3v) is 3.94. The van der Waals surface area contributed by atoms with Crippen LogP contribution < -0.4 is 0 Å². The van der Waals surface area contributed by atoms with Gasteiger partial charge in [0.2, 0.25) is 11.8 Å². The molecule has 17 heavy (non-hydrogen) atoms. The summed E-state index contributed by atoms with van der Waals surface area (Å²) in [6.07, 6.45) is 3.04. The van der Waals surface area contributed by atoms with E-state index in [1.54, 1.807) is 0 Å². The first-order valence-electron chi connectivity index (χ1n) is 6.36. The van der Waals surface area contributed by atoms with Crippen molar-refractivity contribution >= 4 is 18.1 Å². The normalized spacial score (nSPS) is 21.1. The third kappa shape index (κ3) is 2.26. The van der Waals surface area contributed by atoms with Crippen molar-refractivity contribution in [3.63, 3.8) is 0 Å². The number of rotatable bonds is 6. The first-order chi connectivity index (χ1) is 8.06. The summed E-state index contributed by atoms with van der Waals surface area (Å²) in [6.45, 7) is 6.20. The Hall–Kier alpha value is -1.19. The highest BCUT2D eigenvalue weighted by Gasteiger charge is 2.49. The van der Waals surface area contributed by atoms with E-state index >= 15 is 0 Å². The number of imide groups is 1. The topological polar surface area (TPSA) is 54.5 Å². The number of nitrogens with zero attached hydrogens (tertiary/aromatic N) is 1. The molecule has 0 aromatic heterocycles. The molecule has 4 nitrogen and oxygen atoms in total. The summed E-state index contributed by atoms with van der Waals surface area (Å²) in [5.74, 6) is -0.739. The molecule has 0 unspecified atom stereocenters. The van der Waals surface area contributed by atoms with Crippen molar-refractivity contribution in [2.24, 2.45) is 11.3 Å².